The third-order valence-electron chi connectivity index (χ3n) is 5.73. The quantitative estimate of drug-likeness (QED) is 0.758. The predicted octanol–water partition coefficient (Wildman–Crippen LogP) is 2.49. The lowest BCUT2D eigenvalue weighted by Gasteiger charge is -2.28. The molecule has 28 heavy (non-hydrogen) atoms. The van der Waals surface area contributed by atoms with Gasteiger partial charge in [0, 0.05) is 6.54 Å². The zero-order valence-electron chi connectivity index (χ0n) is 15.9. The number of carbonyl (C=O) groups excluding carboxylic acids is 1. The van der Waals surface area contributed by atoms with Gasteiger partial charge in [-0.1, -0.05) is 25.0 Å². The lowest BCUT2D eigenvalue weighted by Crippen LogP contribution is -2.45. The number of hydrogen-bond donors (Lipinski definition) is 3. The predicted molar refractivity (Wildman–Crippen MR) is 105 cm³/mol. The van der Waals surface area contributed by atoms with Gasteiger partial charge in [0.1, 0.15) is 11.5 Å². The smallest absolute Gasteiger partial charge is 0.270 e. The van der Waals surface area contributed by atoms with Crippen LogP contribution in [0, 0.1) is 5.82 Å². The zero-order chi connectivity index (χ0) is 19.5. The highest BCUT2D eigenvalue weighted by Crippen LogP contribution is 2.23. The van der Waals surface area contributed by atoms with E-state index < -0.39 is 6.10 Å². The summed E-state index contributed by atoms with van der Waals surface area (Å²) in [4.78, 5) is 17.4. The number of pyridine rings is 1. The molecule has 0 saturated heterocycles. The van der Waals surface area contributed by atoms with Crippen molar-refractivity contribution in [1.29, 1.82) is 0 Å². The number of carbonyl (C=O) groups is 1. The number of fused-ring (bicyclic) bond motifs is 1. The van der Waals surface area contributed by atoms with E-state index in [1.54, 1.807) is 12.1 Å². The Balaban J connectivity index is 1.60. The summed E-state index contributed by atoms with van der Waals surface area (Å²) in [6.07, 6.45) is 4.54. The van der Waals surface area contributed by atoms with Crippen LogP contribution in [0.5, 0.6) is 0 Å². The Morgan fingerprint density at radius 3 is 2.82 bits per heavy atom. The van der Waals surface area contributed by atoms with Crippen LogP contribution in [0.1, 0.15) is 58.6 Å². The Bertz CT molecular complexity index is 854. The molecule has 1 aliphatic carbocycles. The molecule has 1 amide bonds. The highest BCUT2D eigenvalue weighted by molar-refractivity contribution is 5.93. The number of aliphatic hydroxyl groups excluding tert-OH is 1. The maximum atomic E-state index is 13.2. The molecule has 2 atom stereocenters. The summed E-state index contributed by atoms with van der Waals surface area (Å²) in [5.41, 5.74) is 4.53. The standard InChI is InChI=1S/C22H26FN3O2/c23-16-7-5-14(6-8-16)11-15-12-19(25-20-13-24-10-9-17(15)20)22(28)26-18-3-1-2-4-21(18)27/h5-8,12,18,21,24,27H,1-4,9-11,13H2,(H,26,28)/t18-,21-/m0/s1. The van der Waals surface area contributed by atoms with Crippen LogP contribution in [0.15, 0.2) is 30.3 Å². The number of aromatic nitrogens is 1. The summed E-state index contributed by atoms with van der Waals surface area (Å²) in [5, 5.41) is 16.4. The summed E-state index contributed by atoms with van der Waals surface area (Å²) in [5.74, 6) is -0.490. The Kier molecular flexibility index (Phi) is 5.69. The molecule has 1 fully saturated rings. The van der Waals surface area contributed by atoms with E-state index in [4.69, 9.17) is 0 Å². The lowest BCUT2D eigenvalue weighted by molar-refractivity contribution is 0.0713. The van der Waals surface area contributed by atoms with Gasteiger partial charge in [-0.15, -0.1) is 0 Å². The van der Waals surface area contributed by atoms with Gasteiger partial charge in [0.25, 0.3) is 5.91 Å². The van der Waals surface area contributed by atoms with Crippen LogP contribution in [0.3, 0.4) is 0 Å². The number of amides is 1. The number of rotatable bonds is 4. The van der Waals surface area contributed by atoms with Crippen molar-refractivity contribution >= 4 is 5.91 Å². The number of halogens is 1. The molecule has 0 radical (unpaired) electrons. The van der Waals surface area contributed by atoms with Crippen molar-refractivity contribution in [3.05, 3.63) is 64.2 Å². The third kappa shape index (κ3) is 4.23. The van der Waals surface area contributed by atoms with Gasteiger partial charge in [0.05, 0.1) is 17.8 Å². The van der Waals surface area contributed by atoms with Crippen LogP contribution in [-0.4, -0.2) is 34.7 Å². The van der Waals surface area contributed by atoms with Gasteiger partial charge in [0.2, 0.25) is 0 Å². The molecule has 2 heterocycles. The molecule has 0 bridgehead atoms. The molecule has 4 rings (SSSR count). The summed E-state index contributed by atoms with van der Waals surface area (Å²) < 4.78 is 13.2. The third-order valence-corrected chi connectivity index (χ3v) is 5.73. The van der Waals surface area contributed by atoms with Crippen molar-refractivity contribution in [3.63, 3.8) is 0 Å². The van der Waals surface area contributed by atoms with Gasteiger partial charge in [0.15, 0.2) is 0 Å². The Morgan fingerprint density at radius 2 is 2.04 bits per heavy atom. The summed E-state index contributed by atoms with van der Waals surface area (Å²) in [6, 6.07) is 8.13. The molecule has 2 aromatic rings. The van der Waals surface area contributed by atoms with E-state index in [2.05, 4.69) is 15.6 Å². The Labute approximate surface area is 164 Å². The fourth-order valence-electron chi connectivity index (χ4n) is 4.17. The van der Waals surface area contributed by atoms with Crippen LogP contribution in [0.2, 0.25) is 0 Å². The molecule has 1 aromatic carbocycles. The van der Waals surface area contributed by atoms with Gasteiger partial charge >= 0.3 is 0 Å². The summed E-state index contributed by atoms with van der Waals surface area (Å²) in [7, 11) is 0. The van der Waals surface area contributed by atoms with Crippen LogP contribution in [0.4, 0.5) is 4.39 Å². The highest BCUT2D eigenvalue weighted by Gasteiger charge is 2.26. The maximum absolute atomic E-state index is 13.2. The molecule has 0 unspecified atom stereocenters. The number of hydrogen-bond acceptors (Lipinski definition) is 4. The first kappa shape index (κ1) is 19.0. The van der Waals surface area contributed by atoms with Crippen LogP contribution >= 0.6 is 0 Å². The fraction of sp³-hybridized carbons (Fsp3) is 0.455. The molecule has 5 nitrogen and oxygen atoms in total. The Hall–Kier alpha value is -2.31. The zero-order valence-corrected chi connectivity index (χ0v) is 15.9. The number of nitrogens with one attached hydrogen (secondary N) is 2. The first-order valence-corrected chi connectivity index (χ1v) is 10.1. The van der Waals surface area contributed by atoms with Crippen molar-refractivity contribution in [2.24, 2.45) is 0 Å². The normalized spacial score (nSPS) is 21.8. The number of aliphatic hydroxyl groups is 1. The number of benzene rings is 1. The largest absolute Gasteiger partial charge is 0.391 e. The van der Waals surface area contributed by atoms with Gasteiger partial charge in [-0.2, -0.15) is 0 Å². The fourth-order valence-corrected chi connectivity index (χ4v) is 4.17. The second-order valence-corrected chi connectivity index (χ2v) is 7.75. The molecule has 1 aliphatic heterocycles. The van der Waals surface area contributed by atoms with E-state index in [1.165, 1.54) is 17.7 Å². The summed E-state index contributed by atoms with van der Waals surface area (Å²) in [6.45, 7) is 1.52. The van der Waals surface area contributed by atoms with E-state index in [9.17, 15) is 14.3 Å². The molecule has 6 heteroatoms. The van der Waals surface area contributed by atoms with E-state index in [1.807, 2.05) is 6.07 Å². The maximum Gasteiger partial charge on any atom is 0.270 e. The molecule has 3 N–H and O–H groups in total. The van der Waals surface area contributed by atoms with Gasteiger partial charge in [-0.05, 0) is 67.1 Å². The molecule has 0 spiro atoms. The average molecular weight is 383 g/mol. The van der Waals surface area contributed by atoms with Crippen LogP contribution in [0.25, 0.3) is 0 Å². The van der Waals surface area contributed by atoms with Crippen molar-refractivity contribution in [1.82, 2.24) is 15.6 Å². The molecule has 148 valence electrons. The van der Waals surface area contributed by atoms with E-state index in [-0.39, 0.29) is 17.8 Å². The van der Waals surface area contributed by atoms with Crippen molar-refractivity contribution in [2.75, 3.05) is 6.54 Å². The topological polar surface area (TPSA) is 74.2 Å². The molecular formula is C22H26FN3O2. The first-order chi connectivity index (χ1) is 13.6. The average Bonchev–Trinajstić information content (AvgIpc) is 2.71. The van der Waals surface area contributed by atoms with Crippen molar-refractivity contribution < 1.29 is 14.3 Å². The second-order valence-electron chi connectivity index (χ2n) is 7.75. The van der Waals surface area contributed by atoms with E-state index in [0.717, 1.165) is 55.5 Å². The van der Waals surface area contributed by atoms with Crippen molar-refractivity contribution in [3.8, 4) is 0 Å². The van der Waals surface area contributed by atoms with E-state index >= 15 is 0 Å². The van der Waals surface area contributed by atoms with Gasteiger partial charge in [-0.3, -0.25) is 4.79 Å². The minimum absolute atomic E-state index is 0.210. The van der Waals surface area contributed by atoms with Crippen molar-refractivity contribution in [2.45, 2.75) is 57.2 Å². The molecule has 2 aliphatic rings. The van der Waals surface area contributed by atoms with Gasteiger partial charge < -0.3 is 15.7 Å². The minimum atomic E-state index is -0.490. The highest BCUT2D eigenvalue weighted by atomic mass is 19.1. The van der Waals surface area contributed by atoms with Crippen LogP contribution in [-0.2, 0) is 19.4 Å². The molecular weight excluding hydrogens is 357 g/mol. The monoisotopic (exact) mass is 383 g/mol. The number of nitrogens with zero attached hydrogens (tertiary/aromatic N) is 1. The minimum Gasteiger partial charge on any atom is -0.391 e. The lowest BCUT2D eigenvalue weighted by atomic mass is 9.92. The summed E-state index contributed by atoms with van der Waals surface area (Å²) >= 11 is 0. The van der Waals surface area contributed by atoms with E-state index in [0.29, 0.717) is 18.7 Å². The van der Waals surface area contributed by atoms with Crippen LogP contribution < -0.4 is 10.6 Å². The SMILES string of the molecule is O=C(N[C@H]1CCCC[C@@H]1O)c1cc(Cc2ccc(F)cc2)c2c(n1)CNCC2. The molecule has 1 saturated carbocycles. The van der Waals surface area contributed by atoms with Gasteiger partial charge in [-0.25, -0.2) is 9.37 Å². The second kappa shape index (κ2) is 8.37. The molecule has 1 aromatic heterocycles. The Morgan fingerprint density at radius 1 is 1.25 bits per heavy atom. The first-order valence-electron chi connectivity index (χ1n) is 10.1.